The van der Waals surface area contributed by atoms with E-state index in [2.05, 4.69) is 80.3 Å². The summed E-state index contributed by atoms with van der Waals surface area (Å²) in [6, 6.07) is 0. The molecule has 3 nitrogen and oxygen atoms in total. The molecule has 0 aliphatic heterocycles. The second-order valence-electron chi connectivity index (χ2n) is 15.3. The van der Waals surface area contributed by atoms with Crippen LogP contribution in [-0.2, 0) is 14.0 Å². The molecule has 3 saturated carbocycles. The highest BCUT2D eigenvalue weighted by Crippen LogP contribution is 2.60. The van der Waals surface area contributed by atoms with Crippen molar-refractivity contribution < 1.29 is 14.0 Å². The topological polar surface area (TPSA) is 35.5 Å². The second kappa shape index (κ2) is 12.8. The van der Waals surface area contributed by atoms with Crippen LogP contribution in [-0.4, -0.2) is 27.5 Å². The molecule has 3 fully saturated rings. The Morgan fingerprint density at radius 2 is 1.79 bits per heavy atom. The summed E-state index contributed by atoms with van der Waals surface area (Å²) >= 11 is 0. The number of hydrogen-bond acceptors (Lipinski definition) is 3. The summed E-state index contributed by atoms with van der Waals surface area (Å²) in [5.41, 5.74) is 4.76. The molecule has 222 valence electrons. The molecule has 0 aromatic heterocycles. The fraction of sp³-hybridized carbons (Fsp3) is 0.800. The highest BCUT2D eigenvalue weighted by molar-refractivity contribution is 6.74. The molecule has 0 heterocycles. The molecule has 39 heavy (non-hydrogen) atoms. The summed E-state index contributed by atoms with van der Waals surface area (Å²) in [6.45, 7) is 25.5. The zero-order valence-corrected chi connectivity index (χ0v) is 28.1. The van der Waals surface area contributed by atoms with Crippen LogP contribution in [0.1, 0.15) is 113 Å². The molecule has 0 bridgehead atoms. The van der Waals surface area contributed by atoms with Gasteiger partial charge in [0.05, 0.1) is 13.0 Å². The van der Waals surface area contributed by atoms with Gasteiger partial charge in [-0.2, -0.15) is 0 Å². The molecule has 0 aromatic carbocycles. The summed E-state index contributed by atoms with van der Waals surface area (Å²) in [4.78, 5) is 12.3. The van der Waals surface area contributed by atoms with E-state index in [1.165, 1.54) is 50.4 Å². The van der Waals surface area contributed by atoms with Crippen molar-refractivity contribution in [2.75, 3.05) is 7.11 Å². The van der Waals surface area contributed by atoms with Gasteiger partial charge in [0.25, 0.3) is 0 Å². The number of allylic oxidation sites excluding steroid dienone is 4. The van der Waals surface area contributed by atoms with Gasteiger partial charge in [-0.15, -0.1) is 0 Å². The Bertz CT molecular complexity index is 936. The van der Waals surface area contributed by atoms with E-state index >= 15 is 0 Å². The lowest BCUT2D eigenvalue weighted by Crippen LogP contribution is -2.44. The van der Waals surface area contributed by atoms with Gasteiger partial charge in [-0.05, 0) is 117 Å². The summed E-state index contributed by atoms with van der Waals surface area (Å²) in [5.74, 6) is 2.36. The molecule has 6 atom stereocenters. The van der Waals surface area contributed by atoms with E-state index in [9.17, 15) is 4.79 Å². The van der Waals surface area contributed by atoms with E-state index in [0.29, 0.717) is 29.3 Å². The minimum absolute atomic E-state index is 0.0175. The Hall–Kier alpha value is -1.13. The standard InChI is InChI=1S/C35H60O3Si/c1-24(2)30(33(36)37-9)19-15-26(4)31-20-21-32-27(13-12-22-35(31,32)8)16-17-28-23-29(18-14-25(28)3)38-39(10,11)34(5,6)7/h16-17,24,26,29-32H,3,12-15,18-23H2,1-2,4-11H3/b27-16+,28-17-/t26-,29-,30?,31-,32+,35-/m1/s1. The van der Waals surface area contributed by atoms with Gasteiger partial charge in [0.15, 0.2) is 8.32 Å². The average molecular weight is 557 g/mol. The molecule has 3 aliphatic carbocycles. The molecular formula is C35H60O3Si. The fourth-order valence-corrected chi connectivity index (χ4v) is 9.20. The maximum Gasteiger partial charge on any atom is 0.308 e. The van der Waals surface area contributed by atoms with Gasteiger partial charge in [0.1, 0.15) is 0 Å². The maximum atomic E-state index is 12.3. The zero-order valence-electron chi connectivity index (χ0n) is 27.1. The van der Waals surface area contributed by atoms with E-state index < -0.39 is 8.32 Å². The van der Waals surface area contributed by atoms with Crippen molar-refractivity contribution in [1.29, 1.82) is 0 Å². The average Bonchev–Trinajstić information content (AvgIpc) is 3.20. The zero-order chi connectivity index (χ0) is 29.2. The third kappa shape index (κ3) is 7.39. The van der Waals surface area contributed by atoms with Crippen molar-refractivity contribution in [3.63, 3.8) is 0 Å². The summed E-state index contributed by atoms with van der Waals surface area (Å²) < 4.78 is 11.9. The lowest BCUT2D eigenvalue weighted by atomic mass is 9.60. The first-order chi connectivity index (χ1) is 18.1. The highest BCUT2D eigenvalue weighted by atomic mass is 28.4. The number of fused-ring (bicyclic) bond motifs is 1. The van der Waals surface area contributed by atoms with Gasteiger partial charge >= 0.3 is 5.97 Å². The van der Waals surface area contributed by atoms with E-state index in [0.717, 1.165) is 38.0 Å². The van der Waals surface area contributed by atoms with Gasteiger partial charge in [0.2, 0.25) is 0 Å². The van der Waals surface area contributed by atoms with Crippen LogP contribution in [0.2, 0.25) is 18.1 Å². The van der Waals surface area contributed by atoms with Crippen LogP contribution in [0.25, 0.3) is 0 Å². The molecule has 4 heteroatoms. The van der Waals surface area contributed by atoms with Gasteiger partial charge in [0, 0.05) is 6.10 Å². The van der Waals surface area contributed by atoms with Crippen molar-refractivity contribution >= 4 is 14.3 Å². The van der Waals surface area contributed by atoms with E-state index in [4.69, 9.17) is 9.16 Å². The molecular weight excluding hydrogens is 496 g/mol. The van der Waals surface area contributed by atoms with Crippen LogP contribution in [0.3, 0.4) is 0 Å². The molecule has 0 saturated heterocycles. The Morgan fingerprint density at radius 1 is 1.10 bits per heavy atom. The lowest BCUT2D eigenvalue weighted by molar-refractivity contribution is -0.147. The van der Waals surface area contributed by atoms with Crippen LogP contribution in [0.5, 0.6) is 0 Å². The third-order valence-corrected chi connectivity index (χ3v) is 15.9. The summed E-state index contributed by atoms with van der Waals surface area (Å²) in [5, 5.41) is 0.241. The lowest BCUT2D eigenvalue weighted by Gasteiger charge is -2.44. The van der Waals surface area contributed by atoms with E-state index in [-0.39, 0.29) is 16.9 Å². The maximum absolute atomic E-state index is 12.3. The van der Waals surface area contributed by atoms with E-state index in [1.54, 1.807) is 5.57 Å². The van der Waals surface area contributed by atoms with E-state index in [1.807, 2.05) is 0 Å². The smallest absolute Gasteiger partial charge is 0.308 e. The molecule has 0 spiro atoms. The van der Waals surface area contributed by atoms with Gasteiger partial charge < -0.3 is 9.16 Å². The number of esters is 1. The molecule has 0 amide bonds. The number of ether oxygens (including phenoxy) is 1. The van der Waals surface area contributed by atoms with Crippen molar-refractivity contribution in [1.82, 2.24) is 0 Å². The molecule has 0 aromatic rings. The van der Waals surface area contributed by atoms with Crippen LogP contribution >= 0.6 is 0 Å². The number of rotatable bonds is 9. The van der Waals surface area contributed by atoms with Crippen LogP contribution in [0.4, 0.5) is 0 Å². The largest absolute Gasteiger partial charge is 0.469 e. The molecule has 3 rings (SSSR count). The summed E-state index contributed by atoms with van der Waals surface area (Å²) in [7, 11) is -0.245. The quantitative estimate of drug-likeness (QED) is 0.209. The predicted molar refractivity (Wildman–Crippen MR) is 168 cm³/mol. The molecule has 1 unspecified atom stereocenters. The Morgan fingerprint density at radius 3 is 2.41 bits per heavy atom. The van der Waals surface area contributed by atoms with Gasteiger partial charge in [-0.3, -0.25) is 4.79 Å². The number of carbonyl (C=O) groups excluding carboxylic acids is 1. The van der Waals surface area contributed by atoms with Crippen molar-refractivity contribution in [3.05, 3.63) is 35.5 Å². The monoisotopic (exact) mass is 556 g/mol. The normalized spacial score (nSPS) is 32.0. The summed E-state index contributed by atoms with van der Waals surface area (Å²) in [6.07, 6.45) is 17.0. The predicted octanol–water partition coefficient (Wildman–Crippen LogP) is 10.0. The van der Waals surface area contributed by atoms with Crippen molar-refractivity contribution in [2.45, 2.75) is 137 Å². The Balaban J connectivity index is 1.70. The molecule has 3 aliphatic rings. The minimum atomic E-state index is -1.77. The van der Waals surface area contributed by atoms with Crippen LogP contribution in [0.15, 0.2) is 35.5 Å². The molecule has 0 N–H and O–H groups in total. The first kappa shape index (κ1) is 32.4. The number of carbonyl (C=O) groups is 1. The second-order valence-corrected chi connectivity index (χ2v) is 20.1. The Labute approximate surface area is 242 Å². The van der Waals surface area contributed by atoms with Gasteiger partial charge in [-0.1, -0.05) is 78.3 Å². The van der Waals surface area contributed by atoms with Crippen molar-refractivity contribution in [3.8, 4) is 0 Å². The van der Waals surface area contributed by atoms with Crippen molar-refractivity contribution in [2.24, 2.45) is 35.0 Å². The fourth-order valence-electron chi connectivity index (χ4n) is 7.81. The third-order valence-electron chi connectivity index (χ3n) is 11.4. The minimum Gasteiger partial charge on any atom is -0.469 e. The number of hydrogen-bond donors (Lipinski definition) is 0. The van der Waals surface area contributed by atoms with Crippen LogP contribution in [0, 0.1) is 35.0 Å². The molecule has 0 radical (unpaired) electrons. The van der Waals surface area contributed by atoms with Gasteiger partial charge in [-0.25, -0.2) is 0 Å². The first-order valence-corrected chi connectivity index (χ1v) is 18.8. The Kier molecular flexibility index (Phi) is 10.6. The first-order valence-electron chi connectivity index (χ1n) is 15.9. The SMILES string of the molecule is C=C1CC[C@@H](O[Si](C)(C)C(C)(C)C)C/C1=C/C=C1\CCC[C@]2(C)[C@@H]([C@H](C)CCC(C(=O)OC)C(C)C)CC[C@@H]12. The van der Waals surface area contributed by atoms with Crippen LogP contribution < -0.4 is 0 Å². The number of methoxy groups -OCH3 is 1. The highest BCUT2D eigenvalue weighted by Gasteiger charge is 2.50.